The second kappa shape index (κ2) is 6.61. The van der Waals surface area contributed by atoms with Crippen molar-refractivity contribution in [1.82, 2.24) is 0 Å². The van der Waals surface area contributed by atoms with E-state index in [4.69, 9.17) is 4.74 Å². The predicted molar refractivity (Wildman–Crippen MR) is 78.3 cm³/mol. The van der Waals surface area contributed by atoms with E-state index in [0.29, 0.717) is 23.6 Å². The number of amides is 1. The maximum atomic E-state index is 12.1. The van der Waals surface area contributed by atoms with Gasteiger partial charge in [0.15, 0.2) is 0 Å². The van der Waals surface area contributed by atoms with Gasteiger partial charge in [0.05, 0.1) is 6.61 Å². The van der Waals surface area contributed by atoms with E-state index in [1.54, 1.807) is 30.3 Å². The molecule has 0 atom stereocenters. The number of benzene rings is 2. The molecule has 2 aromatic carbocycles. The Morgan fingerprint density at radius 1 is 1.20 bits per heavy atom. The van der Waals surface area contributed by atoms with Gasteiger partial charge in [-0.2, -0.15) is 0 Å². The molecule has 20 heavy (non-hydrogen) atoms. The fourth-order valence-electron chi connectivity index (χ4n) is 1.70. The van der Waals surface area contributed by atoms with Gasteiger partial charge in [0.2, 0.25) is 0 Å². The van der Waals surface area contributed by atoms with Crippen molar-refractivity contribution in [1.29, 1.82) is 0 Å². The Morgan fingerprint density at radius 3 is 2.65 bits per heavy atom. The summed E-state index contributed by atoms with van der Waals surface area (Å²) < 4.78 is 5.50. The molecule has 2 aromatic rings. The maximum Gasteiger partial charge on any atom is 0.255 e. The van der Waals surface area contributed by atoms with E-state index < -0.39 is 0 Å². The third kappa shape index (κ3) is 3.75. The van der Waals surface area contributed by atoms with Gasteiger partial charge in [-0.05, 0) is 48.9 Å². The molecular weight excluding hydrogens is 254 g/mol. The average Bonchev–Trinajstić information content (AvgIpc) is 2.48. The minimum atomic E-state index is -0.211. The van der Waals surface area contributed by atoms with Crippen LogP contribution in [0.15, 0.2) is 48.5 Å². The van der Waals surface area contributed by atoms with Gasteiger partial charge in [-0.3, -0.25) is 4.79 Å². The zero-order chi connectivity index (χ0) is 14.4. The van der Waals surface area contributed by atoms with Crippen LogP contribution in [-0.2, 0) is 0 Å². The summed E-state index contributed by atoms with van der Waals surface area (Å²) in [5.41, 5.74) is 1.17. The Balaban J connectivity index is 2.06. The lowest BCUT2D eigenvalue weighted by atomic mass is 10.2. The normalized spacial score (nSPS) is 10.1. The van der Waals surface area contributed by atoms with E-state index in [2.05, 4.69) is 5.32 Å². The summed E-state index contributed by atoms with van der Waals surface area (Å²) >= 11 is 0. The topological polar surface area (TPSA) is 58.6 Å². The molecule has 4 heteroatoms. The van der Waals surface area contributed by atoms with Gasteiger partial charge in [0, 0.05) is 11.3 Å². The fraction of sp³-hybridized carbons (Fsp3) is 0.188. The summed E-state index contributed by atoms with van der Waals surface area (Å²) in [5.74, 6) is 0.640. The summed E-state index contributed by atoms with van der Waals surface area (Å²) in [4.78, 5) is 12.1. The first-order chi connectivity index (χ1) is 9.69. The van der Waals surface area contributed by atoms with Crippen molar-refractivity contribution < 1.29 is 14.6 Å². The quantitative estimate of drug-likeness (QED) is 0.819. The van der Waals surface area contributed by atoms with E-state index >= 15 is 0 Å². The second-order valence-electron chi connectivity index (χ2n) is 4.38. The highest BCUT2D eigenvalue weighted by molar-refractivity contribution is 6.04. The van der Waals surface area contributed by atoms with Crippen molar-refractivity contribution in [3.8, 4) is 11.5 Å². The molecule has 4 nitrogen and oxygen atoms in total. The van der Waals surface area contributed by atoms with Crippen LogP contribution < -0.4 is 10.1 Å². The van der Waals surface area contributed by atoms with Gasteiger partial charge in [-0.1, -0.05) is 13.0 Å². The van der Waals surface area contributed by atoms with Gasteiger partial charge < -0.3 is 15.2 Å². The predicted octanol–water partition coefficient (Wildman–Crippen LogP) is 3.43. The van der Waals surface area contributed by atoms with Crippen LogP contribution in [0.5, 0.6) is 11.5 Å². The summed E-state index contributed by atoms with van der Waals surface area (Å²) in [6, 6.07) is 13.4. The van der Waals surface area contributed by atoms with Gasteiger partial charge in [-0.25, -0.2) is 0 Å². The Hall–Kier alpha value is -2.49. The summed E-state index contributed by atoms with van der Waals surface area (Å²) in [6.45, 7) is 2.66. The van der Waals surface area contributed by atoms with E-state index in [1.165, 1.54) is 12.1 Å². The molecule has 0 fully saturated rings. The lowest BCUT2D eigenvalue weighted by molar-refractivity contribution is 0.102. The number of phenolic OH excluding ortho intramolecular Hbond substituents is 1. The molecule has 2 N–H and O–H groups in total. The summed E-state index contributed by atoms with van der Waals surface area (Å²) in [7, 11) is 0. The third-order valence-electron chi connectivity index (χ3n) is 2.69. The van der Waals surface area contributed by atoms with Crippen molar-refractivity contribution in [3.63, 3.8) is 0 Å². The van der Waals surface area contributed by atoms with Gasteiger partial charge in [0.1, 0.15) is 11.5 Å². The second-order valence-corrected chi connectivity index (χ2v) is 4.38. The zero-order valence-electron chi connectivity index (χ0n) is 11.3. The lowest BCUT2D eigenvalue weighted by Gasteiger charge is -2.08. The van der Waals surface area contributed by atoms with Crippen molar-refractivity contribution >= 4 is 11.6 Å². The lowest BCUT2D eigenvalue weighted by Crippen LogP contribution is -2.11. The number of nitrogens with one attached hydrogen (secondary N) is 1. The first-order valence-corrected chi connectivity index (χ1v) is 6.52. The van der Waals surface area contributed by atoms with Gasteiger partial charge >= 0.3 is 0 Å². The Bertz CT molecular complexity index is 579. The Labute approximate surface area is 118 Å². The molecule has 0 unspecified atom stereocenters. The molecule has 1 amide bonds. The average molecular weight is 271 g/mol. The number of rotatable bonds is 5. The molecule has 0 heterocycles. The molecule has 0 bridgehead atoms. The Kier molecular flexibility index (Phi) is 4.60. The standard InChI is InChI=1S/C16H17NO3/c1-2-10-20-15-5-3-4-12(11-15)16(19)17-13-6-8-14(18)9-7-13/h3-9,11,18H,2,10H2,1H3,(H,17,19). The van der Waals surface area contributed by atoms with E-state index in [-0.39, 0.29) is 11.7 Å². The van der Waals surface area contributed by atoms with Crippen LogP contribution in [0, 0.1) is 0 Å². The largest absolute Gasteiger partial charge is 0.508 e. The van der Waals surface area contributed by atoms with Gasteiger partial charge in [-0.15, -0.1) is 0 Å². The van der Waals surface area contributed by atoms with Crippen LogP contribution in [0.4, 0.5) is 5.69 Å². The molecule has 0 aromatic heterocycles. The third-order valence-corrected chi connectivity index (χ3v) is 2.69. The van der Waals surface area contributed by atoms with Crippen LogP contribution in [-0.4, -0.2) is 17.6 Å². The maximum absolute atomic E-state index is 12.1. The minimum Gasteiger partial charge on any atom is -0.508 e. The zero-order valence-corrected chi connectivity index (χ0v) is 11.3. The fourth-order valence-corrected chi connectivity index (χ4v) is 1.70. The number of aromatic hydroxyl groups is 1. The van der Waals surface area contributed by atoms with Crippen LogP contribution in [0.25, 0.3) is 0 Å². The van der Waals surface area contributed by atoms with E-state index in [1.807, 2.05) is 13.0 Å². The minimum absolute atomic E-state index is 0.165. The molecule has 0 aliphatic rings. The number of phenols is 1. The summed E-state index contributed by atoms with van der Waals surface area (Å²) in [6.07, 6.45) is 0.921. The molecular formula is C16H17NO3. The van der Waals surface area contributed by atoms with Crippen LogP contribution >= 0.6 is 0 Å². The van der Waals surface area contributed by atoms with Crippen LogP contribution in [0.2, 0.25) is 0 Å². The van der Waals surface area contributed by atoms with Crippen LogP contribution in [0.3, 0.4) is 0 Å². The smallest absolute Gasteiger partial charge is 0.255 e. The highest BCUT2D eigenvalue weighted by atomic mass is 16.5. The Morgan fingerprint density at radius 2 is 1.95 bits per heavy atom. The number of carbonyl (C=O) groups is 1. The molecule has 0 aliphatic carbocycles. The van der Waals surface area contributed by atoms with Crippen LogP contribution in [0.1, 0.15) is 23.7 Å². The molecule has 0 saturated carbocycles. The van der Waals surface area contributed by atoms with Gasteiger partial charge in [0.25, 0.3) is 5.91 Å². The number of hydrogen-bond donors (Lipinski definition) is 2. The molecule has 0 saturated heterocycles. The number of anilines is 1. The number of hydrogen-bond acceptors (Lipinski definition) is 3. The molecule has 0 aliphatic heterocycles. The molecule has 0 spiro atoms. The molecule has 2 rings (SSSR count). The highest BCUT2D eigenvalue weighted by Gasteiger charge is 2.07. The SMILES string of the molecule is CCCOc1cccc(C(=O)Nc2ccc(O)cc2)c1. The van der Waals surface area contributed by atoms with Crippen molar-refractivity contribution in [2.45, 2.75) is 13.3 Å². The summed E-state index contributed by atoms with van der Waals surface area (Å²) in [5, 5.41) is 12.0. The highest BCUT2D eigenvalue weighted by Crippen LogP contribution is 2.17. The van der Waals surface area contributed by atoms with E-state index in [0.717, 1.165) is 6.42 Å². The number of ether oxygens (including phenoxy) is 1. The van der Waals surface area contributed by atoms with Crippen molar-refractivity contribution in [3.05, 3.63) is 54.1 Å². The van der Waals surface area contributed by atoms with Crippen molar-refractivity contribution in [2.75, 3.05) is 11.9 Å². The number of carbonyl (C=O) groups excluding carboxylic acids is 1. The molecule has 104 valence electrons. The first kappa shape index (κ1) is 13.9. The first-order valence-electron chi connectivity index (χ1n) is 6.52. The van der Waals surface area contributed by atoms with Crippen molar-refractivity contribution in [2.24, 2.45) is 0 Å². The molecule has 0 radical (unpaired) electrons. The monoisotopic (exact) mass is 271 g/mol. The van der Waals surface area contributed by atoms with E-state index in [9.17, 15) is 9.90 Å².